The molecular weight excluding hydrogens is 390 g/mol. The van der Waals surface area contributed by atoms with Crippen LogP contribution in [0.25, 0.3) is 27.7 Å². The molecule has 0 saturated carbocycles. The monoisotopic (exact) mass is 411 g/mol. The highest BCUT2D eigenvalue weighted by molar-refractivity contribution is 7.89. The van der Waals surface area contributed by atoms with Crippen molar-refractivity contribution >= 4 is 26.4 Å². The Morgan fingerprint density at radius 3 is 2.55 bits per heavy atom. The lowest BCUT2D eigenvalue weighted by Crippen LogP contribution is -2.31. The molecule has 0 radical (unpaired) electrons. The summed E-state index contributed by atoms with van der Waals surface area (Å²) >= 11 is 0. The molecule has 150 valence electrons. The standard InChI is InChI=1S/C20H21N5O3S/c1-12-8-9-15(10-18(12)29(27,28)21-11-13(2)26)19-16-6-4-5-7-17(16)20-23-22-14(3)25(20)24-19/h4-10,13,21,26H,11H2,1-3H3/t13-/m0/s1. The van der Waals surface area contributed by atoms with Crippen LogP contribution in [0.5, 0.6) is 0 Å². The molecule has 4 rings (SSSR count). The van der Waals surface area contributed by atoms with E-state index in [-0.39, 0.29) is 11.4 Å². The lowest BCUT2D eigenvalue weighted by molar-refractivity contribution is 0.198. The van der Waals surface area contributed by atoms with Gasteiger partial charge in [0.1, 0.15) is 0 Å². The van der Waals surface area contributed by atoms with Crippen LogP contribution < -0.4 is 4.72 Å². The summed E-state index contributed by atoms with van der Waals surface area (Å²) in [7, 11) is -3.78. The topological polar surface area (TPSA) is 109 Å². The SMILES string of the molecule is Cc1ccc(-c2nn3c(C)nnc3c3ccccc23)cc1S(=O)(=O)NC[C@H](C)O. The number of sulfonamides is 1. The molecule has 0 unspecified atom stereocenters. The van der Waals surface area contributed by atoms with Crippen LogP contribution in [-0.4, -0.2) is 46.0 Å². The summed E-state index contributed by atoms with van der Waals surface area (Å²) in [5.41, 5.74) is 2.57. The summed E-state index contributed by atoms with van der Waals surface area (Å²) in [4.78, 5) is 0.155. The first kappa shape index (κ1) is 19.4. The van der Waals surface area contributed by atoms with E-state index in [1.54, 1.807) is 23.6 Å². The average molecular weight is 411 g/mol. The zero-order valence-electron chi connectivity index (χ0n) is 16.3. The van der Waals surface area contributed by atoms with Crippen molar-refractivity contribution in [2.45, 2.75) is 31.8 Å². The number of aromatic nitrogens is 4. The molecule has 29 heavy (non-hydrogen) atoms. The van der Waals surface area contributed by atoms with Crippen molar-refractivity contribution in [2.75, 3.05) is 6.54 Å². The first-order chi connectivity index (χ1) is 13.8. The first-order valence-corrected chi connectivity index (χ1v) is 10.7. The predicted molar refractivity (Wildman–Crippen MR) is 110 cm³/mol. The number of aliphatic hydroxyl groups excluding tert-OH is 1. The summed E-state index contributed by atoms with van der Waals surface area (Å²) in [6.45, 7) is 5.02. The second-order valence-electron chi connectivity index (χ2n) is 7.06. The van der Waals surface area contributed by atoms with E-state index in [1.807, 2.05) is 37.3 Å². The molecule has 0 spiro atoms. The second kappa shape index (κ2) is 7.18. The Morgan fingerprint density at radius 1 is 1.10 bits per heavy atom. The molecule has 2 aromatic heterocycles. The number of hydrogen-bond donors (Lipinski definition) is 2. The maximum atomic E-state index is 12.8. The molecule has 0 amide bonds. The van der Waals surface area contributed by atoms with Crippen LogP contribution in [0, 0.1) is 13.8 Å². The van der Waals surface area contributed by atoms with Crippen molar-refractivity contribution in [3.8, 4) is 11.3 Å². The Kier molecular flexibility index (Phi) is 4.81. The van der Waals surface area contributed by atoms with Crippen LogP contribution in [0.2, 0.25) is 0 Å². The van der Waals surface area contributed by atoms with Gasteiger partial charge in [0, 0.05) is 22.9 Å². The summed E-state index contributed by atoms with van der Waals surface area (Å²) < 4.78 is 29.6. The zero-order valence-corrected chi connectivity index (χ0v) is 17.1. The van der Waals surface area contributed by atoms with Gasteiger partial charge in [-0.2, -0.15) is 9.61 Å². The van der Waals surface area contributed by atoms with Gasteiger partial charge in [0.2, 0.25) is 10.0 Å². The first-order valence-electron chi connectivity index (χ1n) is 9.17. The summed E-state index contributed by atoms with van der Waals surface area (Å²) in [5, 5.41) is 24.2. The number of rotatable bonds is 5. The highest BCUT2D eigenvalue weighted by atomic mass is 32.2. The Labute approximate surface area is 168 Å². The highest BCUT2D eigenvalue weighted by Crippen LogP contribution is 2.31. The van der Waals surface area contributed by atoms with Gasteiger partial charge in [-0.25, -0.2) is 13.1 Å². The fourth-order valence-corrected chi connectivity index (χ4v) is 4.63. The minimum atomic E-state index is -3.78. The largest absolute Gasteiger partial charge is 0.392 e. The van der Waals surface area contributed by atoms with E-state index in [0.29, 0.717) is 28.3 Å². The van der Waals surface area contributed by atoms with Crippen LogP contribution in [0.4, 0.5) is 0 Å². The van der Waals surface area contributed by atoms with Crippen LogP contribution in [0.3, 0.4) is 0 Å². The Balaban J connectivity index is 1.93. The van der Waals surface area contributed by atoms with E-state index in [9.17, 15) is 13.5 Å². The van der Waals surface area contributed by atoms with Crippen molar-refractivity contribution < 1.29 is 13.5 Å². The van der Waals surface area contributed by atoms with Crippen molar-refractivity contribution in [1.29, 1.82) is 0 Å². The van der Waals surface area contributed by atoms with Crippen molar-refractivity contribution in [2.24, 2.45) is 0 Å². The molecule has 2 N–H and O–H groups in total. The average Bonchev–Trinajstić information content (AvgIpc) is 3.07. The van der Waals surface area contributed by atoms with Crippen molar-refractivity contribution in [1.82, 2.24) is 24.5 Å². The number of aryl methyl sites for hydroxylation is 2. The van der Waals surface area contributed by atoms with E-state index in [4.69, 9.17) is 5.10 Å². The lowest BCUT2D eigenvalue weighted by Gasteiger charge is -2.13. The second-order valence-corrected chi connectivity index (χ2v) is 8.79. The van der Waals surface area contributed by atoms with Gasteiger partial charge in [0.05, 0.1) is 16.7 Å². The van der Waals surface area contributed by atoms with Gasteiger partial charge in [0.15, 0.2) is 11.5 Å². The van der Waals surface area contributed by atoms with E-state index in [0.717, 1.165) is 10.8 Å². The third kappa shape index (κ3) is 3.48. The molecule has 0 aliphatic rings. The molecule has 0 fully saturated rings. The third-order valence-electron chi connectivity index (χ3n) is 4.74. The molecule has 0 bridgehead atoms. The molecule has 8 nitrogen and oxygen atoms in total. The van der Waals surface area contributed by atoms with Gasteiger partial charge in [0.25, 0.3) is 0 Å². The molecule has 0 aliphatic heterocycles. The van der Waals surface area contributed by atoms with Crippen LogP contribution >= 0.6 is 0 Å². The molecule has 1 atom stereocenters. The number of aliphatic hydroxyl groups is 1. The predicted octanol–water partition coefficient (Wildman–Crippen LogP) is 2.22. The van der Waals surface area contributed by atoms with Crippen molar-refractivity contribution in [3.63, 3.8) is 0 Å². The van der Waals surface area contributed by atoms with Gasteiger partial charge < -0.3 is 5.11 Å². The number of nitrogens with one attached hydrogen (secondary N) is 1. The van der Waals surface area contributed by atoms with Gasteiger partial charge >= 0.3 is 0 Å². The lowest BCUT2D eigenvalue weighted by atomic mass is 10.0. The Hall–Kier alpha value is -2.88. The summed E-state index contributed by atoms with van der Waals surface area (Å²) in [6.07, 6.45) is -0.780. The summed E-state index contributed by atoms with van der Waals surface area (Å²) in [6, 6.07) is 12.9. The number of nitrogens with zero attached hydrogens (tertiary/aromatic N) is 4. The molecule has 2 heterocycles. The molecule has 0 saturated heterocycles. The van der Waals surface area contributed by atoms with E-state index >= 15 is 0 Å². The van der Waals surface area contributed by atoms with Crippen LogP contribution in [0.15, 0.2) is 47.4 Å². The van der Waals surface area contributed by atoms with Gasteiger partial charge in [-0.1, -0.05) is 36.4 Å². The molecular formula is C20H21N5O3S. The molecule has 0 aliphatic carbocycles. The minimum absolute atomic E-state index is 0.0565. The summed E-state index contributed by atoms with van der Waals surface area (Å²) in [5.74, 6) is 0.644. The quantitative estimate of drug-likeness (QED) is 0.521. The Bertz CT molecular complexity index is 1330. The van der Waals surface area contributed by atoms with E-state index in [1.165, 1.54) is 6.92 Å². The van der Waals surface area contributed by atoms with Crippen LogP contribution in [-0.2, 0) is 10.0 Å². The van der Waals surface area contributed by atoms with Gasteiger partial charge in [-0.3, -0.25) is 0 Å². The van der Waals surface area contributed by atoms with E-state index < -0.39 is 16.1 Å². The number of fused-ring (bicyclic) bond motifs is 3. The number of hydrogen-bond acceptors (Lipinski definition) is 6. The fourth-order valence-electron chi connectivity index (χ4n) is 3.24. The smallest absolute Gasteiger partial charge is 0.240 e. The zero-order chi connectivity index (χ0) is 20.8. The maximum absolute atomic E-state index is 12.8. The van der Waals surface area contributed by atoms with E-state index in [2.05, 4.69) is 14.9 Å². The molecule has 2 aromatic carbocycles. The number of benzene rings is 2. The van der Waals surface area contributed by atoms with Gasteiger partial charge in [-0.15, -0.1) is 10.2 Å². The van der Waals surface area contributed by atoms with Crippen molar-refractivity contribution in [3.05, 3.63) is 53.9 Å². The maximum Gasteiger partial charge on any atom is 0.240 e. The minimum Gasteiger partial charge on any atom is -0.392 e. The molecule has 4 aromatic rings. The van der Waals surface area contributed by atoms with Crippen LogP contribution in [0.1, 0.15) is 18.3 Å². The Morgan fingerprint density at radius 2 is 1.83 bits per heavy atom. The van der Waals surface area contributed by atoms with Gasteiger partial charge in [-0.05, 0) is 32.4 Å². The normalized spacial score (nSPS) is 13.2. The molecule has 9 heteroatoms. The fraction of sp³-hybridized carbons (Fsp3) is 0.250. The highest BCUT2D eigenvalue weighted by Gasteiger charge is 2.20. The third-order valence-corrected chi connectivity index (χ3v) is 6.31.